The summed E-state index contributed by atoms with van der Waals surface area (Å²) in [4.78, 5) is 14.6. The summed E-state index contributed by atoms with van der Waals surface area (Å²) in [5.41, 5.74) is 10.5. The van der Waals surface area contributed by atoms with Crippen LogP contribution >= 0.6 is 0 Å². The fraction of sp³-hybridized carbons (Fsp3) is 0.348. The molecule has 0 atom stereocenters. The number of nitrogens with zero attached hydrogens (tertiary/aromatic N) is 1. The van der Waals surface area contributed by atoms with Crippen LogP contribution in [0.15, 0.2) is 48.5 Å². The number of rotatable bonds is 3. The second-order valence-electron chi connectivity index (χ2n) is 7.62. The highest BCUT2D eigenvalue weighted by molar-refractivity contribution is 5.92. The summed E-state index contributed by atoms with van der Waals surface area (Å²) in [5.74, 6) is 1.06. The van der Waals surface area contributed by atoms with Crippen molar-refractivity contribution in [1.82, 2.24) is 4.90 Å². The smallest absolute Gasteiger partial charge is 0.246 e. The van der Waals surface area contributed by atoms with E-state index in [0.29, 0.717) is 13.2 Å². The molecule has 140 valence electrons. The van der Waals surface area contributed by atoms with Crippen molar-refractivity contribution in [3.8, 4) is 5.75 Å². The van der Waals surface area contributed by atoms with Crippen molar-refractivity contribution in [1.29, 1.82) is 0 Å². The number of aryl methyl sites for hydroxylation is 1. The molecule has 2 aliphatic rings. The van der Waals surface area contributed by atoms with Crippen molar-refractivity contribution in [3.63, 3.8) is 0 Å². The average molecular weight is 362 g/mol. The van der Waals surface area contributed by atoms with E-state index in [-0.39, 0.29) is 11.3 Å². The van der Waals surface area contributed by atoms with Gasteiger partial charge in [-0.1, -0.05) is 36.4 Å². The molecule has 4 heteroatoms. The maximum absolute atomic E-state index is 12.6. The third kappa shape index (κ3) is 3.37. The lowest BCUT2D eigenvalue weighted by molar-refractivity contribution is -0.127. The van der Waals surface area contributed by atoms with Gasteiger partial charge in [-0.25, -0.2) is 0 Å². The first-order valence-corrected chi connectivity index (χ1v) is 9.60. The summed E-state index contributed by atoms with van der Waals surface area (Å²) in [6.07, 6.45) is 5.48. The minimum absolute atomic E-state index is 0.0248. The zero-order chi connectivity index (χ0) is 18.9. The van der Waals surface area contributed by atoms with Gasteiger partial charge < -0.3 is 15.4 Å². The predicted octanol–water partition coefficient (Wildman–Crippen LogP) is 3.42. The molecular weight excluding hydrogens is 336 g/mol. The highest BCUT2D eigenvalue weighted by atomic mass is 16.5. The first kappa shape index (κ1) is 17.8. The van der Waals surface area contributed by atoms with Gasteiger partial charge in [0.2, 0.25) is 5.91 Å². The Morgan fingerprint density at radius 1 is 1.22 bits per heavy atom. The van der Waals surface area contributed by atoms with Crippen LogP contribution in [0.3, 0.4) is 0 Å². The molecule has 0 aliphatic carbocycles. The molecule has 4 nitrogen and oxygen atoms in total. The highest BCUT2D eigenvalue weighted by Gasteiger charge is 2.43. The molecule has 0 saturated carbocycles. The largest absolute Gasteiger partial charge is 0.492 e. The predicted molar refractivity (Wildman–Crippen MR) is 108 cm³/mol. The first-order valence-electron chi connectivity index (χ1n) is 9.60. The van der Waals surface area contributed by atoms with Crippen LogP contribution in [0.4, 0.5) is 0 Å². The molecule has 0 unspecified atom stereocenters. The Bertz CT molecular complexity index is 880. The topological polar surface area (TPSA) is 55.6 Å². The van der Waals surface area contributed by atoms with Gasteiger partial charge in [-0.3, -0.25) is 4.79 Å². The minimum Gasteiger partial charge on any atom is -0.492 e. The molecule has 4 rings (SSSR count). The average Bonchev–Trinajstić information content (AvgIpc) is 3.05. The number of carbonyl (C=O) groups excluding carboxylic acids is 1. The number of hydrogen-bond acceptors (Lipinski definition) is 3. The Hall–Kier alpha value is -2.59. The summed E-state index contributed by atoms with van der Waals surface area (Å²) in [6.45, 7) is 4.82. The van der Waals surface area contributed by atoms with Crippen LogP contribution in [0.25, 0.3) is 6.08 Å². The van der Waals surface area contributed by atoms with E-state index < -0.39 is 0 Å². The lowest BCUT2D eigenvalue weighted by Crippen LogP contribution is -2.45. The third-order valence-electron chi connectivity index (χ3n) is 5.98. The first-order chi connectivity index (χ1) is 13.1. The Balaban J connectivity index is 1.44. The minimum atomic E-state index is 0.0248. The lowest BCUT2D eigenvalue weighted by Gasteiger charge is -2.38. The van der Waals surface area contributed by atoms with Crippen molar-refractivity contribution in [2.45, 2.75) is 31.7 Å². The van der Waals surface area contributed by atoms with Crippen molar-refractivity contribution in [3.05, 3.63) is 70.8 Å². The Labute approximate surface area is 160 Å². The van der Waals surface area contributed by atoms with Crippen LogP contribution in [-0.4, -0.2) is 30.5 Å². The maximum atomic E-state index is 12.6. The summed E-state index contributed by atoms with van der Waals surface area (Å²) in [6, 6.07) is 14.4. The molecule has 2 N–H and O–H groups in total. The number of carbonyl (C=O) groups is 1. The highest BCUT2D eigenvalue weighted by Crippen LogP contribution is 2.45. The third-order valence-corrected chi connectivity index (χ3v) is 5.98. The molecule has 0 aromatic heterocycles. The van der Waals surface area contributed by atoms with Gasteiger partial charge in [0, 0.05) is 36.7 Å². The molecule has 2 aromatic carbocycles. The lowest BCUT2D eigenvalue weighted by atomic mass is 9.74. The number of benzene rings is 2. The van der Waals surface area contributed by atoms with Gasteiger partial charge in [-0.15, -0.1) is 0 Å². The normalized spacial score (nSPS) is 17.9. The molecule has 1 spiro atoms. The van der Waals surface area contributed by atoms with Crippen molar-refractivity contribution in [2.24, 2.45) is 5.73 Å². The fourth-order valence-electron chi connectivity index (χ4n) is 4.15. The summed E-state index contributed by atoms with van der Waals surface area (Å²) < 4.78 is 5.95. The molecule has 1 fully saturated rings. The monoisotopic (exact) mass is 362 g/mol. The molecule has 27 heavy (non-hydrogen) atoms. The van der Waals surface area contributed by atoms with E-state index in [4.69, 9.17) is 10.5 Å². The van der Waals surface area contributed by atoms with Crippen LogP contribution in [0.1, 0.15) is 35.1 Å². The standard InChI is InChI=1S/C23H26N2O2/c1-17-4-2-3-5-19(17)7-9-22(26)25-12-10-23(11-13-25)16-27-21-8-6-18(15-24)14-20(21)23/h2-9,14H,10-13,15-16,24H2,1H3/b9-7+. The van der Waals surface area contributed by atoms with Gasteiger partial charge in [0.05, 0.1) is 6.61 Å². The number of piperidine rings is 1. The maximum Gasteiger partial charge on any atom is 0.246 e. The quantitative estimate of drug-likeness (QED) is 0.851. The zero-order valence-corrected chi connectivity index (χ0v) is 15.8. The van der Waals surface area contributed by atoms with E-state index in [1.807, 2.05) is 41.3 Å². The Kier molecular flexibility index (Phi) is 4.75. The second kappa shape index (κ2) is 7.20. The molecule has 2 heterocycles. The van der Waals surface area contributed by atoms with E-state index in [9.17, 15) is 4.79 Å². The van der Waals surface area contributed by atoms with E-state index in [1.165, 1.54) is 11.1 Å². The molecule has 2 aliphatic heterocycles. The fourth-order valence-corrected chi connectivity index (χ4v) is 4.15. The van der Waals surface area contributed by atoms with Crippen LogP contribution < -0.4 is 10.5 Å². The Morgan fingerprint density at radius 3 is 2.74 bits per heavy atom. The summed E-state index contributed by atoms with van der Waals surface area (Å²) in [5, 5.41) is 0. The van der Waals surface area contributed by atoms with Crippen molar-refractivity contribution in [2.75, 3.05) is 19.7 Å². The number of hydrogen-bond donors (Lipinski definition) is 1. The second-order valence-corrected chi connectivity index (χ2v) is 7.62. The molecule has 0 radical (unpaired) electrons. The Morgan fingerprint density at radius 2 is 2.00 bits per heavy atom. The van der Waals surface area contributed by atoms with Crippen LogP contribution in [0, 0.1) is 6.92 Å². The van der Waals surface area contributed by atoms with Gasteiger partial charge in [0.25, 0.3) is 0 Å². The van der Waals surface area contributed by atoms with Gasteiger partial charge in [0.15, 0.2) is 0 Å². The van der Waals surface area contributed by atoms with Gasteiger partial charge in [0.1, 0.15) is 5.75 Å². The molecule has 0 bridgehead atoms. The van der Waals surface area contributed by atoms with Crippen LogP contribution in [0.5, 0.6) is 5.75 Å². The SMILES string of the molecule is Cc1ccccc1/C=C/C(=O)N1CCC2(CC1)COc1ccc(CN)cc12. The summed E-state index contributed by atoms with van der Waals surface area (Å²) >= 11 is 0. The molecule has 2 aromatic rings. The van der Waals surface area contributed by atoms with E-state index in [0.717, 1.165) is 42.8 Å². The number of fused-ring (bicyclic) bond motifs is 2. The van der Waals surface area contributed by atoms with Gasteiger partial charge in [-0.2, -0.15) is 0 Å². The van der Waals surface area contributed by atoms with Crippen LogP contribution in [0.2, 0.25) is 0 Å². The molecule has 1 amide bonds. The van der Waals surface area contributed by atoms with E-state index in [1.54, 1.807) is 6.08 Å². The number of nitrogens with two attached hydrogens (primary N) is 1. The molecular formula is C23H26N2O2. The number of amides is 1. The van der Waals surface area contributed by atoms with Gasteiger partial charge >= 0.3 is 0 Å². The van der Waals surface area contributed by atoms with Crippen molar-refractivity contribution >= 4 is 12.0 Å². The number of likely N-dealkylation sites (tertiary alicyclic amines) is 1. The summed E-state index contributed by atoms with van der Waals surface area (Å²) in [7, 11) is 0. The van der Waals surface area contributed by atoms with Crippen molar-refractivity contribution < 1.29 is 9.53 Å². The number of ether oxygens (including phenoxy) is 1. The van der Waals surface area contributed by atoms with E-state index >= 15 is 0 Å². The van der Waals surface area contributed by atoms with Crippen LogP contribution in [-0.2, 0) is 16.8 Å². The van der Waals surface area contributed by atoms with E-state index in [2.05, 4.69) is 19.1 Å². The molecule has 1 saturated heterocycles. The zero-order valence-electron chi connectivity index (χ0n) is 15.8. The van der Waals surface area contributed by atoms with Gasteiger partial charge in [-0.05, 0) is 48.6 Å².